The highest BCUT2D eigenvalue weighted by Gasteiger charge is 2.15. The zero-order valence-corrected chi connectivity index (χ0v) is 18.8. The Morgan fingerprint density at radius 2 is 1.43 bits per heavy atom. The van der Waals surface area contributed by atoms with Gasteiger partial charge in [-0.15, -0.1) is 0 Å². The number of amides is 1. The topological polar surface area (TPSA) is 73.4 Å². The lowest BCUT2D eigenvalue weighted by molar-refractivity contribution is -0.697. The predicted octanol–water partition coefficient (Wildman–Crippen LogP) is 4.07. The Kier molecular flexibility index (Phi) is 15.9. The van der Waals surface area contributed by atoms with E-state index in [0.717, 1.165) is 19.4 Å². The van der Waals surface area contributed by atoms with E-state index in [0.29, 0.717) is 0 Å². The number of aliphatic hydroxyl groups excluding tert-OH is 2. The van der Waals surface area contributed by atoms with Crippen molar-refractivity contribution in [3.8, 4) is 0 Å². The highest BCUT2D eigenvalue weighted by atomic mass is 16.3. The summed E-state index contributed by atoms with van der Waals surface area (Å²) in [7, 11) is 0. The monoisotopic (exact) mass is 419 g/mol. The van der Waals surface area contributed by atoms with Gasteiger partial charge in [0, 0.05) is 25.5 Å². The number of hydrogen-bond acceptors (Lipinski definition) is 3. The SMILES string of the molecule is CC(=O)N[C@@H](CO)[C@@H](O)/C=C/CCCCCCCCCCCCC[n+]1ccccc1. The smallest absolute Gasteiger partial charge is 0.217 e. The van der Waals surface area contributed by atoms with Gasteiger partial charge in [-0.3, -0.25) is 4.79 Å². The van der Waals surface area contributed by atoms with Gasteiger partial charge in [0.25, 0.3) is 0 Å². The number of allylic oxidation sites excluding steroid dienone is 1. The summed E-state index contributed by atoms with van der Waals surface area (Å²) in [6.07, 6.45) is 22.3. The van der Waals surface area contributed by atoms with Crippen LogP contribution in [-0.2, 0) is 11.3 Å². The molecule has 0 fully saturated rings. The minimum absolute atomic E-state index is 0.247. The molecule has 170 valence electrons. The highest BCUT2D eigenvalue weighted by Crippen LogP contribution is 2.12. The standard InChI is InChI=1S/C25H42N2O3/c1-23(29)26-24(22-28)25(30)18-14-11-9-7-5-3-2-4-6-8-10-12-15-19-27-20-16-13-17-21-27/h13-14,16-18,20-21,24-25,28,30H,2-12,15,19,22H2,1H3/p+1/b18-14+/t24-,25-/m0/s1. The Balaban J connectivity index is 1.85. The van der Waals surface area contributed by atoms with Crippen LogP contribution in [0.2, 0.25) is 0 Å². The van der Waals surface area contributed by atoms with Crippen molar-refractivity contribution < 1.29 is 19.6 Å². The number of nitrogens with zero attached hydrogens (tertiary/aromatic N) is 1. The molecule has 0 unspecified atom stereocenters. The van der Waals surface area contributed by atoms with Crippen molar-refractivity contribution in [2.24, 2.45) is 0 Å². The van der Waals surface area contributed by atoms with Gasteiger partial charge in [-0.25, -0.2) is 4.57 Å². The third kappa shape index (κ3) is 14.3. The number of aryl methyl sites for hydroxylation is 1. The minimum Gasteiger partial charge on any atom is -0.394 e. The summed E-state index contributed by atoms with van der Waals surface area (Å²) in [5.41, 5.74) is 0. The molecule has 0 aliphatic carbocycles. The van der Waals surface area contributed by atoms with Crippen LogP contribution in [0.3, 0.4) is 0 Å². The van der Waals surface area contributed by atoms with Gasteiger partial charge in [-0.2, -0.15) is 0 Å². The lowest BCUT2D eigenvalue weighted by Crippen LogP contribution is -2.44. The van der Waals surface area contributed by atoms with Gasteiger partial charge in [-0.05, 0) is 19.3 Å². The van der Waals surface area contributed by atoms with Crippen molar-refractivity contribution >= 4 is 5.91 Å². The number of aromatic nitrogens is 1. The third-order valence-electron chi connectivity index (χ3n) is 5.40. The number of nitrogens with one attached hydrogen (secondary N) is 1. The fourth-order valence-corrected chi connectivity index (χ4v) is 3.60. The molecule has 1 aromatic heterocycles. The second-order valence-electron chi connectivity index (χ2n) is 8.20. The normalized spacial score (nSPS) is 13.4. The highest BCUT2D eigenvalue weighted by molar-refractivity contribution is 5.73. The van der Waals surface area contributed by atoms with E-state index in [1.807, 2.05) is 6.08 Å². The number of rotatable bonds is 18. The first kappa shape index (κ1) is 26.3. The molecule has 1 amide bonds. The van der Waals surface area contributed by atoms with Crippen molar-refractivity contribution in [3.05, 3.63) is 42.7 Å². The first-order valence-corrected chi connectivity index (χ1v) is 11.8. The first-order valence-electron chi connectivity index (χ1n) is 11.8. The van der Waals surface area contributed by atoms with Crippen LogP contribution in [0.4, 0.5) is 0 Å². The molecule has 1 rings (SSSR count). The molecule has 0 bridgehead atoms. The van der Waals surface area contributed by atoms with E-state index in [2.05, 4.69) is 40.5 Å². The summed E-state index contributed by atoms with van der Waals surface area (Å²) < 4.78 is 2.26. The molecular formula is C25H43N2O3+. The molecule has 5 nitrogen and oxygen atoms in total. The molecule has 5 heteroatoms. The van der Waals surface area contributed by atoms with Crippen LogP contribution in [0.25, 0.3) is 0 Å². The molecular weight excluding hydrogens is 376 g/mol. The maximum absolute atomic E-state index is 11.0. The van der Waals surface area contributed by atoms with Crippen LogP contribution >= 0.6 is 0 Å². The zero-order valence-electron chi connectivity index (χ0n) is 18.8. The van der Waals surface area contributed by atoms with E-state index in [4.69, 9.17) is 0 Å². The third-order valence-corrected chi connectivity index (χ3v) is 5.40. The Labute approximate surface area is 183 Å². The molecule has 2 atom stereocenters. The molecule has 3 N–H and O–H groups in total. The van der Waals surface area contributed by atoms with E-state index >= 15 is 0 Å². The summed E-state index contributed by atoms with van der Waals surface area (Å²) in [5, 5.41) is 21.7. The van der Waals surface area contributed by atoms with E-state index < -0.39 is 12.1 Å². The van der Waals surface area contributed by atoms with Gasteiger partial charge in [0.05, 0.1) is 18.8 Å². The largest absolute Gasteiger partial charge is 0.394 e. The molecule has 1 aromatic rings. The van der Waals surface area contributed by atoms with Gasteiger partial charge >= 0.3 is 0 Å². The number of carbonyl (C=O) groups excluding carboxylic acids is 1. The summed E-state index contributed by atoms with van der Waals surface area (Å²) in [6.45, 7) is 2.25. The second-order valence-corrected chi connectivity index (χ2v) is 8.20. The number of unbranched alkanes of at least 4 members (excludes halogenated alkanes) is 11. The van der Waals surface area contributed by atoms with Gasteiger partial charge in [0.1, 0.15) is 6.54 Å². The summed E-state index contributed by atoms with van der Waals surface area (Å²) in [4.78, 5) is 11.0. The summed E-state index contributed by atoms with van der Waals surface area (Å²) in [5.74, 6) is -0.247. The number of aliphatic hydroxyl groups is 2. The molecule has 0 saturated heterocycles. The number of pyridine rings is 1. The van der Waals surface area contributed by atoms with Crippen LogP contribution in [0, 0.1) is 0 Å². The Hall–Kier alpha value is -1.72. The molecule has 0 saturated carbocycles. The van der Waals surface area contributed by atoms with Crippen molar-refractivity contribution in [1.29, 1.82) is 0 Å². The van der Waals surface area contributed by atoms with E-state index in [-0.39, 0.29) is 12.5 Å². The van der Waals surface area contributed by atoms with Crippen molar-refractivity contribution in [1.82, 2.24) is 5.32 Å². The van der Waals surface area contributed by atoms with Crippen molar-refractivity contribution in [2.75, 3.05) is 6.61 Å². The van der Waals surface area contributed by atoms with E-state index in [9.17, 15) is 15.0 Å². The van der Waals surface area contributed by atoms with Crippen LogP contribution in [-0.4, -0.2) is 34.9 Å². The average Bonchev–Trinajstić information content (AvgIpc) is 2.75. The van der Waals surface area contributed by atoms with Crippen molar-refractivity contribution in [2.45, 2.75) is 103 Å². The van der Waals surface area contributed by atoms with Crippen LogP contribution in [0.5, 0.6) is 0 Å². The molecule has 0 aromatic carbocycles. The fraction of sp³-hybridized carbons (Fsp3) is 0.680. The van der Waals surface area contributed by atoms with Crippen LogP contribution in [0.1, 0.15) is 84.0 Å². The fourth-order valence-electron chi connectivity index (χ4n) is 3.60. The molecule has 1 heterocycles. The van der Waals surface area contributed by atoms with Gasteiger partial charge in [-0.1, -0.05) is 69.6 Å². The van der Waals surface area contributed by atoms with Crippen molar-refractivity contribution in [3.63, 3.8) is 0 Å². The quantitative estimate of drug-likeness (QED) is 0.191. The molecule has 0 radical (unpaired) electrons. The van der Waals surface area contributed by atoms with E-state index in [1.165, 1.54) is 71.1 Å². The Bertz CT molecular complexity index is 563. The lowest BCUT2D eigenvalue weighted by Gasteiger charge is -2.18. The Morgan fingerprint density at radius 3 is 1.97 bits per heavy atom. The first-order chi connectivity index (χ1) is 14.6. The van der Waals surface area contributed by atoms with Crippen LogP contribution in [0.15, 0.2) is 42.7 Å². The Morgan fingerprint density at radius 1 is 0.900 bits per heavy atom. The second kappa shape index (κ2) is 18.1. The summed E-state index contributed by atoms with van der Waals surface area (Å²) >= 11 is 0. The lowest BCUT2D eigenvalue weighted by atomic mass is 10.0. The number of carbonyl (C=O) groups is 1. The summed E-state index contributed by atoms with van der Waals surface area (Å²) in [6, 6.07) is 5.61. The maximum atomic E-state index is 11.0. The van der Waals surface area contributed by atoms with Gasteiger partial charge in [0.15, 0.2) is 12.4 Å². The van der Waals surface area contributed by atoms with E-state index in [1.54, 1.807) is 6.08 Å². The maximum Gasteiger partial charge on any atom is 0.217 e. The van der Waals surface area contributed by atoms with Gasteiger partial charge < -0.3 is 15.5 Å². The van der Waals surface area contributed by atoms with Gasteiger partial charge in [0.2, 0.25) is 5.91 Å². The zero-order chi connectivity index (χ0) is 21.9. The van der Waals surface area contributed by atoms with Crippen LogP contribution < -0.4 is 9.88 Å². The minimum atomic E-state index is -0.837. The average molecular weight is 420 g/mol. The number of hydrogen-bond donors (Lipinski definition) is 3. The molecule has 0 aliphatic rings. The predicted molar refractivity (Wildman–Crippen MR) is 122 cm³/mol. The molecule has 30 heavy (non-hydrogen) atoms. The molecule has 0 aliphatic heterocycles. The molecule has 0 spiro atoms.